The van der Waals surface area contributed by atoms with Crippen molar-refractivity contribution in [2.24, 2.45) is 0 Å². The van der Waals surface area contributed by atoms with Crippen LogP contribution in [0.4, 0.5) is 5.82 Å². The monoisotopic (exact) mass is 300 g/mol. The minimum absolute atomic E-state index is 0.0543. The van der Waals surface area contributed by atoms with Gasteiger partial charge in [-0.05, 0) is 41.9 Å². The van der Waals surface area contributed by atoms with E-state index in [2.05, 4.69) is 32.7 Å². The molecule has 17 heavy (non-hydrogen) atoms. The number of aryl methyl sites for hydroxylation is 1. The summed E-state index contributed by atoms with van der Waals surface area (Å²) in [6.07, 6.45) is -0.114. The SMILES string of the molecule is Cc1nc(N2CC(CO)OCC2C)ccc1Br. The van der Waals surface area contributed by atoms with Crippen molar-refractivity contribution in [3.63, 3.8) is 0 Å². The molecule has 0 amide bonds. The van der Waals surface area contributed by atoms with Crippen LogP contribution in [0, 0.1) is 6.92 Å². The lowest BCUT2D eigenvalue weighted by molar-refractivity contribution is -0.0105. The average Bonchev–Trinajstić information content (AvgIpc) is 2.33. The van der Waals surface area contributed by atoms with E-state index in [1.165, 1.54) is 0 Å². The molecule has 0 spiro atoms. The van der Waals surface area contributed by atoms with Gasteiger partial charge in [0.2, 0.25) is 0 Å². The van der Waals surface area contributed by atoms with Crippen molar-refractivity contribution in [2.75, 3.05) is 24.7 Å². The van der Waals surface area contributed by atoms with E-state index in [-0.39, 0.29) is 18.8 Å². The van der Waals surface area contributed by atoms with Crippen molar-refractivity contribution in [3.05, 3.63) is 22.3 Å². The molecule has 0 aliphatic carbocycles. The Morgan fingerprint density at radius 1 is 1.59 bits per heavy atom. The summed E-state index contributed by atoms with van der Waals surface area (Å²) in [5.41, 5.74) is 0.974. The van der Waals surface area contributed by atoms with Gasteiger partial charge in [0.25, 0.3) is 0 Å². The van der Waals surface area contributed by atoms with E-state index in [1.807, 2.05) is 19.1 Å². The zero-order valence-electron chi connectivity index (χ0n) is 10.1. The van der Waals surface area contributed by atoms with Crippen LogP contribution < -0.4 is 4.90 Å². The Labute approximate surface area is 110 Å². The number of morpholine rings is 1. The second-order valence-corrected chi connectivity index (χ2v) is 5.23. The maximum atomic E-state index is 9.16. The van der Waals surface area contributed by atoms with E-state index in [0.717, 1.165) is 16.0 Å². The number of halogens is 1. The van der Waals surface area contributed by atoms with Gasteiger partial charge in [-0.15, -0.1) is 0 Å². The van der Waals surface area contributed by atoms with Crippen molar-refractivity contribution in [1.82, 2.24) is 4.98 Å². The number of rotatable bonds is 2. The van der Waals surface area contributed by atoms with Crippen LogP contribution in [-0.2, 0) is 4.74 Å². The van der Waals surface area contributed by atoms with Gasteiger partial charge in [-0.2, -0.15) is 0 Å². The van der Waals surface area contributed by atoms with Crippen molar-refractivity contribution in [3.8, 4) is 0 Å². The number of aromatic nitrogens is 1. The zero-order chi connectivity index (χ0) is 12.4. The molecule has 5 heteroatoms. The average molecular weight is 301 g/mol. The standard InChI is InChI=1S/C12H17BrN2O2/c1-8-7-17-10(6-16)5-15(8)12-4-3-11(13)9(2)14-12/h3-4,8,10,16H,5-7H2,1-2H3. The molecule has 94 valence electrons. The highest BCUT2D eigenvalue weighted by atomic mass is 79.9. The first kappa shape index (κ1) is 12.8. The lowest BCUT2D eigenvalue weighted by Crippen LogP contribution is -2.50. The third kappa shape index (κ3) is 2.78. The molecule has 0 aromatic carbocycles. The summed E-state index contributed by atoms with van der Waals surface area (Å²) in [5, 5.41) is 9.16. The fourth-order valence-corrected chi connectivity index (χ4v) is 2.16. The summed E-state index contributed by atoms with van der Waals surface area (Å²) < 4.78 is 6.53. The number of pyridine rings is 1. The minimum atomic E-state index is -0.114. The lowest BCUT2D eigenvalue weighted by Gasteiger charge is -2.38. The van der Waals surface area contributed by atoms with Gasteiger partial charge in [-0.25, -0.2) is 4.98 Å². The Bertz CT molecular complexity index is 400. The molecule has 1 aliphatic heterocycles. The van der Waals surface area contributed by atoms with Gasteiger partial charge in [0, 0.05) is 11.0 Å². The van der Waals surface area contributed by atoms with Gasteiger partial charge in [-0.3, -0.25) is 0 Å². The second kappa shape index (κ2) is 5.33. The van der Waals surface area contributed by atoms with Gasteiger partial charge in [0.1, 0.15) is 5.82 Å². The summed E-state index contributed by atoms with van der Waals surface area (Å²) in [4.78, 5) is 6.74. The molecule has 0 saturated carbocycles. The van der Waals surface area contributed by atoms with Crippen molar-refractivity contribution in [1.29, 1.82) is 0 Å². The summed E-state index contributed by atoms with van der Waals surface area (Å²) in [7, 11) is 0. The molecule has 1 saturated heterocycles. The van der Waals surface area contributed by atoms with Crippen LogP contribution in [0.1, 0.15) is 12.6 Å². The van der Waals surface area contributed by atoms with E-state index in [1.54, 1.807) is 0 Å². The first-order chi connectivity index (χ1) is 8.11. The Hall–Kier alpha value is -0.650. The second-order valence-electron chi connectivity index (χ2n) is 4.38. The summed E-state index contributed by atoms with van der Waals surface area (Å²) >= 11 is 3.45. The fourth-order valence-electron chi connectivity index (χ4n) is 1.94. The molecular formula is C12H17BrN2O2. The van der Waals surface area contributed by atoms with Crippen molar-refractivity contribution in [2.45, 2.75) is 26.0 Å². The Kier molecular flexibility index (Phi) is 4.01. The van der Waals surface area contributed by atoms with Crippen LogP contribution in [0.15, 0.2) is 16.6 Å². The van der Waals surface area contributed by atoms with Gasteiger partial charge in [-0.1, -0.05) is 0 Å². The zero-order valence-corrected chi connectivity index (χ0v) is 11.6. The number of hydrogen-bond donors (Lipinski definition) is 1. The summed E-state index contributed by atoms with van der Waals surface area (Å²) in [6, 6.07) is 4.28. The van der Waals surface area contributed by atoms with E-state index in [0.29, 0.717) is 13.2 Å². The molecule has 1 fully saturated rings. The Balaban J connectivity index is 2.21. The van der Waals surface area contributed by atoms with Crippen molar-refractivity contribution >= 4 is 21.7 Å². The number of anilines is 1. The normalized spacial score (nSPS) is 25.1. The first-order valence-corrected chi connectivity index (χ1v) is 6.53. The maximum absolute atomic E-state index is 9.16. The molecule has 2 heterocycles. The quantitative estimate of drug-likeness (QED) is 0.904. The van der Waals surface area contributed by atoms with Crippen molar-refractivity contribution < 1.29 is 9.84 Å². The van der Waals surface area contributed by atoms with Crippen LogP contribution in [0.3, 0.4) is 0 Å². The highest BCUT2D eigenvalue weighted by Crippen LogP contribution is 2.23. The van der Waals surface area contributed by atoms with Gasteiger partial charge >= 0.3 is 0 Å². The first-order valence-electron chi connectivity index (χ1n) is 5.74. The van der Waals surface area contributed by atoms with Crippen LogP contribution in [0.25, 0.3) is 0 Å². The molecule has 2 unspecified atom stereocenters. The third-order valence-electron chi connectivity index (χ3n) is 3.01. The number of ether oxygens (including phenoxy) is 1. The van der Waals surface area contributed by atoms with Crippen LogP contribution in [0.2, 0.25) is 0 Å². The molecule has 1 aromatic heterocycles. The lowest BCUT2D eigenvalue weighted by atomic mass is 10.2. The summed E-state index contributed by atoms with van der Waals surface area (Å²) in [6.45, 7) is 5.45. The van der Waals surface area contributed by atoms with E-state index in [9.17, 15) is 0 Å². The molecule has 4 nitrogen and oxygen atoms in total. The van der Waals surface area contributed by atoms with Crippen LogP contribution in [0.5, 0.6) is 0 Å². The van der Waals surface area contributed by atoms with Gasteiger partial charge < -0.3 is 14.7 Å². The fraction of sp³-hybridized carbons (Fsp3) is 0.583. The molecule has 1 aliphatic rings. The Morgan fingerprint density at radius 2 is 2.35 bits per heavy atom. The minimum Gasteiger partial charge on any atom is -0.394 e. The topological polar surface area (TPSA) is 45.6 Å². The third-order valence-corrected chi connectivity index (χ3v) is 3.85. The molecule has 0 bridgehead atoms. The maximum Gasteiger partial charge on any atom is 0.129 e. The molecule has 2 atom stereocenters. The van der Waals surface area contributed by atoms with Gasteiger partial charge in [0.15, 0.2) is 0 Å². The number of aliphatic hydroxyl groups is 1. The van der Waals surface area contributed by atoms with E-state index in [4.69, 9.17) is 9.84 Å². The smallest absolute Gasteiger partial charge is 0.129 e. The predicted octanol–water partition coefficient (Wildman–Crippen LogP) is 1.74. The molecule has 0 radical (unpaired) electrons. The molecule has 2 rings (SSSR count). The largest absolute Gasteiger partial charge is 0.394 e. The van der Waals surface area contributed by atoms with E-state index >= 15 is 0 Å². The highest BCUT2D eigenvalue weighted by molar-refractivity contribution is 9.10. The van der Waals surface area contributed by atoms with Crippen LogP contribution >= 0.6 is 15.9 Å². The summed E-state index contributed by atoms with van der Waals surface area (Å²) in [5.74, 6) is 0.944. The number of aliphatic hydroxyl groups excluding tert-OH is 1. The number of hydrogen-bond acceptors (Lipinski definition) is 4. The molecular weight excluding hydrogens is 284 g/mol. The number of nitrogens with zero attached hydrogens (tertiary/aromatic N) is 2. The predicted molar refractivity (Wildman–Crippen MR) is 70.3 cm³/mol. The molecule has 1 N–H and O–H groups in total. The van der Waals surface area contributed by atoms with Crippen LogP contribution in [-0.4, -0.2) is 42.0 Å². The molecule has 1 aromatic rings. The van der Waals surface area contributed by atoms with E-state index < -0.39 is 0 Å². The highest BCUT2D eigenvalue weighted by Gasteiger charge is 2.26. The Morgan fingerprint density at radius 3 is 3.00 bits per heavy atom. The van der Waals surface area contributed by atoms with Gasteiger partial charge in [0.05, 0.1) is 31.1 Å².